The molecule has 0 spiro atoms. The Morgan fingerprint density at radius 1 is 0.895 bits per heavy atom. The van der Waals surface area contributed by atoms with Crippen molar-refractivity contribution in [3.8, 4) is 5.75 Å². The highest BCUT2D eigenvalue weighted by molar-refractivity contribution is 6.51. The average Bonchev–Trinajstić information content (AvgIpc) is 3.23. The van der Waals surface area contributed by atoms with Gasteiger partial charge in [0.1, 0.15) is 11.5 Å². The molecule has 0 saturated carbocycles. The Morgan fingerprint density at radius 3 is 2.29 bits per heavy atom. The normalized spacial score (nSPS) is 16.7. The van der Waals surface area contributed by atoms with E-state index in [1.807, 2.05) is 72.8 Å². The van der Waals surface area contributed by atoms with E-state index in [0.29, 0.717) is 22.6 Å². The van der Waals surface area contributed by atoms with Gasteiger partial charge in [0, 0.05) is 30.0 Å². The Hall–Kier alpha value is -4.58. The third-order valence-electron chi connectivity index (χ3n) is 7.16. The number of amides is 1. The molecule has 0 aliphatic carbocycles. The van der Waals surface area contributed by atoms with Crippen LogP contribution in [0.1, 0.15) is 31.0 Å². The summed E-state index contributed by atoms with van der Waals surface area (Å²) in [5, 5.41) is 13.4. The highest BCUT2D eigenvalue weighted by Gasteiger charge is 2.47. The third kappa shape index (κ3) is 4.28. The van der Waals surface area contributed by atoms with E-state index >= 15 is 0 Å². The van der Waals surface area contributed by atoms with Crippen LogP contribution in [0.2, 0.25) is 0 Å². The van der Waals surface area contributed by atoms with Crippen molar-refractivity contribution in [1.82, 2.24) is 0 Å². The van der Waals surface area contributed by atoms with Gasteiger partial charge in [0.25, 0.3) is 11.7 Å². The molecule has 0 aromatic heterocycles. The van der Waals surface area contributed by atoms with Gasteiger partial charge >= 0.3 is 0 Å². The lowest BCUT2D eigenvalue weighted by Gasteiger charge is -2.27. The summed E-state index contributed by atoms with van der Waals surface area (Å²) in [5.41, 5.74) is 2.83. The van der Waals surface area contributed by atoms with Crippen LogP contribution >= 0.6 is 0 Å². The third-order valence-corrected chi connectivity index (χ3v) is 7.16. The monoisotopic (exact) mass is 506 g/mol. The lowest BCUT2D eigenvalue weighted by molar-refractivity contribution is -0.132. The van der Waals surface area contributed by atoms with Gasteiger partial charge in [-0.1, -0.05) is 54.6 Å². The molecule has 38 heavy (non-hydrogen) atoms. The highest BCUT2D eigenvalue weighted by Crippen LogP contribution is 2.43. The fourth-order valence-electron chi connectivity index (χ4n) is 5.22. The Kier molecular flexibility index (Phi) is 6.88. The van der Waals surface area contributed by atoms with E-state index in [1.54, 1.807) is 25.3 Å². The fourth-order valence-corrected chi connectivity index (χ4v) is 5.22. The number of hydrogen-bond acceptors (Lipinski definition) is 5. The fraction of sp³-hybridized carbons (Fsp3) is 0.188. The summed E-state index contributed by atoms with van der Waals surface area (Å²) < 4.78 is 5.44. The van der Waals surface area contributed by atoms with Crippen LogP contribution in [0.3, 0.4) is 0 Å². The van der Waals surface area contributed by atoms with Crippen molar-refractivity contribution in [2.75, 3.05) is 30.0 Å². The van der Waals surface area contributed by atoms with Crippen molar-refractivity contribution < 1.29 is 19.4 Å². The van der Waals surface area contributed by atoms with Crippen molar-refractivity contribution in [3.05, 3.63) is 108 Å². The molecule has 4 aromatic rings. The highest BCUT2D eigenvalue weighted by atomic mass is 16.5. The van der Waals surface area contributed by atoms with Crippen molar-refractivity contribution in [2.24, 2.45) is 0 Å². The lowest BCUT2D eigenvalue weighted by Crippen LogP contribution is -2.29. The van der Waals surface area contributed by atoms with E-state index in [1.165, 1.54) is 4.90 Å². The molecule has 1 atom stereocenters. The second-order valence-electron chi connectivity index (χ2n) is 9.16. The first-order valence-corrected chi connectivity index (χ1v) is 12.8. The molecule has 5 rings (SSSR count). The number of carbonyl (C=O) groups excluding carboxylic acids is 2. The molecule has 1 aliphatic heterocycles. The lowest BCUT2D eigenvalue weighted by atomic mass is 9.93. The summed E-state index contributed by atoms with van der Waals surface area (Å²) in [5.74, 6) is -1.02. The molecule has 1 aliphatic rings. The average molecular weight is 507 g/mol. The van der Waals surface area contributed by atoms with E-state index in [2.05, 4.69) is 18.7 Å². The van der Waals surface area contributed by atoms with E-state index in [0.717, 1.165) is 29.5 Å². The molecular formula is C32H30N2O4. The number of ether oxygens (including phenoxy) is 1. The van der Waals surface area contributed by atoms with Gasteiger partial charge < -0.3 is 14.7 Å². The molecule has 6 heteroatoms. The molecular weight excluding hydrogens is 476 g/mol. The molecule has 192 valence electrons. The molecule has 4 aromatic carbocycles. The number of ketones is 1. The largest absolute Gasteiger partial charge is 0.507 e. The zero-order valence-electron chi connectivity index (χ0n) is 21.7. The summed E-state index contributed by atoms with van der Waals surface area (Å²) >= 11 is 0. The number of fused-ring (bicyclic) bond motifs is 1. The predicted molar refractivity (Wildman–Crippen MR) is 152 cm³/mol. The quantitative estimate of drug-likeness (QED) is 0.180. The molecule has 1 N–H and O–H groups in total. The van der Waals surface area contributed by atoms with Gasteiger partial charge in [-0.2, -0.15) is 0 Å². The number of nitrogens with zero attached hydrogens (tertiary/aromatic N) is 2. The second-order valence-corrected chi connectivity index (χ2v) is 9.16. The van der Waals surface area contributed by atoms with E-state index in [4.69, 9.17) is 4.74 Å². The van der Waals surface area contributed by atoms with Crippen LogP contribution in [0.25, 0.3) is 16.5 Å². The number of aliphatic hydroxyl groups excluding tert-OH is 1. The van der Waals surface area contributed by atoms with Gasteiger partial charge in [-0.25, -0.2) is 0 Å². The van der Waals surface area contributed by atoms with Crippen LogP contribution in [0, 0.1) is 0 Å². The van der Waals surface area contributed by atoms with Crippen LogP contribution in [-0.4, -0.2) is 37.0 Å². The zero-order valence-corrected chi connectivity index (χ0v) is 21.7. The number of rotatable bonds is 7. The Balaban J connectivity index is 1.71. The van der Waals surface area contributed by atoms with Crippen molar-refractivity contribution in [3.63, 3.8) is 0 Å². The molecule has 1 unspecified atom stereocenters. The molecule has 0 bridgehead atoms. The van der Waals surface area contributed by atoms with Crippen molar-refractivity contribution in [1.29, 1.82) is 0 Å². The van der Waals surface area contributed by atoms with Crippen molar-refractivity contribution >= 4 is 39.6 Å². The first-order chi connectivity index (χ1) is 18.5. The minimum atomic E-state index is -0.830. The van der Waals surface area contributed by atoms with Crippen LogP contribution in [0.4, 0.5) is 11.4 Å². The molecule has 1 amide bonds. The maximum absolute atomic E-state index is 13.6. The van der Waals surface area contributed by atoms with Crippen LogP contribution < -0.4 is 14.5 Å². The summed E-state index contributed by atoms with van der Waals surface area (Å²) in [6.45, 7) is 5.89. The Labute approximate surface area is 222 Å². The molecule has 6 nitrogen and oxygen atoms in total. The van der Waals surface area contributed by atoms with E-state index in [-0.39, 0.29) is 11.3 Å². The topological polar surface area (TPSA) is 70.1 Å². The maximum Gasteiger partial charge on any atom is 0.300 e. The first kappa shape index (κ1) is 25.1. The summed E-state index contributed by atoms with van der Waals surface area (Å²) in [6.07, 6.45) is 0. The summed E-state index contributed by atoms with van der Waals surface area (Å²) in [6, 6.07) is 27.2. The minimum absolute atomic E-state index is 0.0485. The smallest absolute Gasteiger partial charge is 0.300 e. The number of hydrogen-bond donors (Lipinski definition) is 1. The van der Waals surface area contributed by atoms with Gasteiger partial charge in [0.05, 0.1) is 18.7 Å². The molecule has 1 saturated heterocycles. The first-order valence-electron chi connectivity index (χ1n) is 12.8. The van der Waals surface area contributed by atoms with Gasteiger partial charge in [-0.15, -0.1) is 0 Å². The molecule has 0 radical (unpaired) electrons. The number of carbonyl (C=O) groups is 2. The molecule has 1 heterocycles. The molecule has 1 fully saturated rings. The maximum atomic E-state index is 13.6. The predicted octanol–water partition coefficient (Wildman–Crippen LogP) is 6.32. The summed E-state index contributed by atoms with van der Waals surface area (Å²) in [7, 11) is 1.57. The van der Waals surface area contributed by atoms with Crippen LogP contribution in [0.5, 0.6) is 5.75 Å². The summed E-state index contributed by atoms with van der Waals surface area (Å²) in [4.78, 5) is 30.8. The van der Waals surface area contributed by atoms with Gasteiger partial charge in [-0.3, -0.25) is 14.5 Å². The second kappa shape index (κ2) is 10.4. The van der Waals surface area contributed by atoms with E-state index < -0.39 is 17.7 Å². The van der Waals surface area contributed by atoms with Gasteiger partial charge in [0.2, 0.25) is 0 Å². The number of aliphatic hydroxyl groups is 1. The van der Waals surface area contributed by atoms with Gasteiger partial charge in [-0.05, 0) is 66.6 Å². The number of methoxy groups -OCH3 is 1. The zero-order chi connectivity index (χ0) is 26.8. The minimum Gasteiger partial charge on any atom is -0.507 e. The Bertz CT molecular complexity index is 1530. The van der Waals surface area contributed by atoms with Gasteiger partial charge in [0.15, 0.2) is 0 Å². The number of anilines is 2. The van der Waals surface area contributed by atoms with Crippen molar-refractivity contribution in [2.45, 2.75) is 19.9 Å². The number of benzene rings is 4. The van der Waals surface area contributed by atoms with Crippen LogP contribution in [-0.2, 0) is 9.59 Å². The van der Waals surface area contributed by atoms with E-state index in [9.17, 15) is 14.7 Å². The SMILES string of the molecule is CCN(CC)c1ccc(N2C(=O)C(=O)/C(=C(\O)c3cccc4ccccc34)C2c2cccc(OC)c2)cc1. The Morgan fingerprint density at radius 2 is 1.58 bits per heavy atom. The van der Waals surface area contributed by atoms with Crippen LogP contribution in [0.15, 0.2) is 96.6 Å². The standard InChI is InChI=1S/C32H30N2O4/c1-4-33(5-2)23-16-18-24(19-17-23)34-29(22-12-8-13-25(20-22)38-3)28(31(36)32(34)37)30(35)27-15-9-11-21-10-6-7-14-26(21)27/h6-20,29,35H,4-5H2,1-3H3/b30-28-. The number of Topliss-reactive ketones (excluding diaryl/α,β-unsaturated/α-hetero) is 1.